The first-order chi connectivity index (χ1) is 10.3. The minimum absolute atomic E-state index is 0.190. The highest BCUT2D eigenvalue weighted by Crippen LogP contribution is 2.24. The summed E-state index contributed by atoms with van der Waals surface area (Å²) in [4.78, 5) is 15.4. The van der Waals surface area contributed by atoms with Gasteiger partial charge in [-0.2, -0.15) is 0 Å². The van der Waals surface area contributed by atoms with Crippen molar-refractivity contribution in [1.29, 1.82) is 0 Å². The number of likely N-dealkylation sites (tertiary alicyclic amines) is 1. The molecule has 124 valence electrons. The number of carbonyl (C=O) groups is 1. The number of nitrogens with one attached hydrogen (secondary N) is 1. The molecule has 1 amide bonds. The Morgan fingerprint density at radius 1 is 1.50 bits per heavy atom. The molecule has 0 aliphatic carbocycles. The van der Waals surface area contributed by atoms with E-state index in [-0.39, 0.29) is 12.1 Å². The lowest BCUT2D eigenvalue weighted by Crippen LogP contribution is -2.51. The molecule has 1 aliphatic heterocycles. The molecule has 1 aromatic heterocycles. The molecule has 0 aromatic carbocycles. The van der Waals surface area contributed by atoms with Crippen LogP contribution in [0.15, 0.2) is 17.5 Å². The van der Waals surface area contributed by atoms with Gasteiger partial charge >= 0.3 is 6.09 Å². The smallest absolute Gasteiger partial charge is 0.410 e. The molecule has 2 heterocycles. The van der Waals surface area contributed by atoms with E-state index in [0.29, 0.717) is 12.1 Å². The van der Waals surface area contributed by atoms with E-state index in [1.807, 2.05) is 25.7 Å². The van der Waals surface area contributed by atoms with Crippen LogP contribution in [-0.4, -0.2) is 35.2 Å². The fourth-order valence-corrected chi connectivity index (χ4v) is 3.63. The Balaban J connectivity index is 1.86. The lowest BCUT2D eigenvalue weighted by molar-refractivity contribution is 0.00907. The Morgan fingerprint density at radius 3 is 2.77 bits per heavy atom. The Labute approximate surface area is 137 Å². The molecule has 4 nitrogen and oxygen atoms in total. The Hall–Kier alpha value is -1.07. The van der Waals surface area contributed by atoms with Crippen LogP contribution in [0.4, 0.5) is 4.79 Å². The Morgan fingerprint density at radius 2 is 2.23 bits per heavy atom. The maximum absolute atomic E-state index is 12.2. The molecule has 1 saturated heterocycles. The van der Waals surface area contributed by atoms with E-state index < -0.39 is 5.60 Å². The van der Waals surface area contributed by atoms with Gasteiger partial charge in [-0.1, -0.05) is 6.07 Å². The van der Waals surface area contributed by atoms with Crippen molar-refractivity contribution >= 4 is 17.4 Å². The predicted octanol–water partition coefficient (Wildman–Crippen LogP) is 4.19. The van der Waals surface area contributed by atoms with E-state index >= 15 is 0 Å². The lowest BCUT2D eigenvalue weighted by atomic mass is 9.98. The van der Waals surface area contributed by atoms with Crippen molar-refractivity contribution in [2.75, 3.05) is 6.54 Å². The first-order valence-corrected chi connectivity index (χ1v) is 8.93. The number of piperidine rings is 1. The van der Waals surface area contributed by atoms with Gasteiger partial charge in [0.15, 0.2) is 0 Å². The predicted molar refractivity (Wildman–Crippen MR) is 91.3 cm³/mol. The molecule has 0 bridgehead atoms. The number of hydrogen-bond acceptors (Lipinski definition) is 4. The van der Waals surface area contributed by atoms with Gasteiger partial charge < -0.3 is 15.0 Å². The third kappa shape index (κ3) is 4.71. The summed E-state index contributed by atoms with van der Waals surface area (Å²) in [5, 5.41) is 5.80. The van der Waals surface area contributed by atoms with Crippen LogP contribution in [0.3, 0.4) is 0 Å². The molecule has 1 aliphatic rings. The highest BCUT2D eigenvalue weighted by atomic mass is 32.1. The van der Waals surface area contributed by atoms with E-state index in [0.717, 1.165) is 19.4 Å². The maximum Gasteiger partial charge on any atom is 0.410 e. The van der Waals surface area contributed by atoms with Gasteiger partial charge in [-0.25, -0.2) is 4.79 Å². The summed E-state index contributed by atoms with van der Waals surface area (Å²) in [5.41, 5.74) is -0.431. The number of thiophene rings is 1. The van der Waals surface area contributed by atoms with Crippen LogP contribution in [-0.2, 0) is 4.74 Å². The van der Waals surface area contributed by atoms with Crippen molar-refractivity contribution in [2.45, 2.75) is 71.2 Å². The van der Waals surface area contributed by atoms with Gasteiger partial charge in [-0.15, -0.1) is 11.3 Å². The van der Waals surface area contributed by atoms with Crippen LogP contribution in [0, 0.1) is 0 Å². The normalized spacial score (nSPS) is 24.1. The first-order valence-electron chi connectivity index (χ1n) is 8.05. The van der Waals surface area contributed by atoms with Crippen LogP contribution in [0.25, 0.3) is 0 Å². The van der Waals surface area contributed by atoms with Crippen LogP contribution in [0.5, 0.6) is 0 Å². The van der Waals surface area contributed by atoms with Crippen molar-refractivity contribution in [3.8, 4) is 0 Å². The Bertz CT molecular complexity index is 481. The van der Waals surface area contributed by atoms with E-state index in [9.17, 15) is 4.79 Å². The number of nitrogens with zero attached hydrogens (tertiary/aromatic N) is 1. The van der Waals surface area contributed by atoms with Gasteiger partial charge in [0.2, 0.25) is 0 Å². The summed E-state index contributed by atoms with van der Waals surface area (Å²) in [6.45, 7) is 10.8. The van der Waals surface area contributed by atoms with Gasteiger partial charge in [-0.05, 0) is 58.9 Å². The fourth-order valence-electron chi connectivity index (χ4n) is 2.89. The largest absolute Gasteiger partial charge is 0.444 e. The topological polar surface area (TPSA) is 41.6 Å². The van der Waals surface area contributed by atoms with Crippen molar-refractivity contribution in [2.24, 2.45) is 0 Å². The zero-order valence-corrected chi connectivity index (χ0v) is 15.1. The van der Waals surface area contributed by atoms with Crippen LogP contribution >= 0.6 is 11.3 Å². The second-order valence-electron chi connectivity index (χ2n) is 7.15. The molecule has 3 atom stereocenters. The molecule has 2 rings (SSSR count). The summed E-state index contributed by atoms with van der Waals surface area (Å²) in [6.07, 6.45) is 1.75. The second-order valence-corrected chi connectivity index (χ2v) is 8.13. The van der Waals surface area contributed by atoms with E-state index in [4.69, 9.17) is 4.74 Å². The lowest BCUT2D eigenvalue weighted by Gasteiger charge is -2.39. The van der Waals surface area contributed by atoms with E-state index in [2.05, 4.69) is 36.7 Å². The molecule has 1 aromatic rings. The summed E-state index contributed by atoms with van der Waals surface area (Å²) in [7, 11) is 0. The summed E-state index contributed by atoms with van der Waals surface area (Å²) < 4.78 is 5.49. The molecular formula is C17H28N2O2S. The maximum atomic E-state index is 12.2. The second kappa shape index (κ2) is 7.01. The quantitative estimate of drug-likeness (QED) is 0.906. The summed E-state index contributed by atoms with van der Waals surface area (Å²) >= 11 is 1.79. The first kappa shape index (κ1) is 17.3. The molecule has 5 heteroatoms. The third-order valence-corrected chi connectivity index (χ3v) is 5.01. The van der Waals surface area contributed by atoms with Crippen LogP contribution in [0.1, 0.15) is 58.4 Å². The molecular weight excluding hydrogens is 296 g/mol. The SMILES string of the molecule is CC(NC1CCN(C(=O)OC(C)(C)C)C(C)C1)c1cccs1. The van der Waals surface area contributed by atoms with Crippen LogP contribution in [0.2, 0.25) is 0 Å². The molecule has 0 spiro atoms. The highest BCUT2D eigenvalue weighted by molar-refractivity contribution is 7.10. The molecule has 0 radical (unpaired) electrons. The van der Waals surface area contributed by atoms with Gasteiger partial charge in [0, 0.05) is 29.5 Å². The van der Waals surface area contributed by atoms with E-state index in [1.165, 1.54) is 4.88 Å². The standard InChI is InChI=1S/C17H28N2O2S/c1-12-11-14(18-13(2)15-7-6-10-22-15)8-9-19(12)16(20)21-17(3,4)5/h6-7,10,12-14,18H,8-9,11H2,1-5H3. The van der Waals surface area contributed by atoms with Gasteiger partial charge in [0.1, 0.15) is 5.60 Å². The average Bonchev–Trinajstić information content (AvgIpc) is 2.90. The van der Waals surface area contributed by atoms with Crippen molar-refractivity contribution < 1.29 is 9.53 Å². The van der Waals surface area contributed by atoms with Gasteiger partial charge in [-0.3, -0.25) is 0 Å². The number of hydrogen-bond donors (Lipinski definition) is 1. The van der Waals surface area contributed by atoms with Crippen molar-refractivity contribution in [3.05, 3.63) is 22.4 Å². The van der Waals surface area contributed by atoms with E-state index in [1.54, 1.807) is 11.3 Å². The van der Waals surface area contributed by atoms with Gasteiger partial charge in [0.05, 0.1) is 0 Å². The van der Waals surface area contributed by atoms with Crippen molar-refractivity contribution in [1.82, 2.24) is 10.2 Å². The number of carbonyl (C=O) groups excluding carboxylic acids is 1. The summed E-state index contributed by atoms with van der Waals surface area (Å²) in [5.74, 6) is 0. The molecule has 1 fully saturated rings. The minimum Gasteiger partial charge on any atom is -0.444 e. The molecule has 1 N–H and O–H groups in total. The molecule has 22 heavy (non-hydrogen) atoms. The zero-order chi connectivity index (χ0) is 16.3. The zero-order valence-electron chi connectivity index (χ0n) is 14.3. The van der Waals surface area contributed by atoms with Gasteiger partial charge in [0.25, 0.3) is 0 Å². The highest BCUT2D eigenvalue weighted by Gasteiger charge is 2.32. The third-order valence-electron chi connectivity index (χ3n) is 3.96. The van der Waals surface area contributed by atoms with Crippen molar-refractivity contribution in [3.63, 3.8) is 0 Å². The monoisotopic (exact) mass is 324 g/mol. The fraction of sp³-hybridized carbons (Fsp3) is 0.706. The van der Waals surface area contributed by atoms with Crippen LogP contribution < -0.4 is 5.32 Å². The number of amides is 1. The minimum atomic E-state index is -0.431. The molecule has 3 unspecified atom stereocenters. The molecule has 0 saturated carbocycles. The Kier molecular flexibility index (Phi) is 5.50. The number of ether oxygens (including phenoxy) is 1. The summed E-state index contributed by atoms with van der Waals surface area (Å²) in [6, 6.07) is 5.28. The number of rotatable bonds is 3. The average molecular weight is 324 g/mol.